The number of rotatable bonds is 7. The summed E-state index contributed by atoms with van der Waals surface area (Å²) < 4.78 is 5.97. The van der Waals surface area contributed by atoms with Crippen LogP contribution in [0.25, 0.3) is 0 Å². The summed E-state index contributed by atoms with van der Waals surface area (Å²) in [5.41, 5.74) is 0. The Kier molecular flexibility index (Phi) is 10.5. The molecule has 6 heteroatoms. The smallest absolute Gasteiger partial charge is 0.191 e. The monoisotopic (exact) mass is 438 g/mol. The third-order valence-electron chi connectivity index (χ3n) is 4.51. The number of halogens is 1. The Bertz CT molecular complexity index is 351. The molecule has 5 nitrogen and oxygen atoms in total. The van der Waals surface area contributed by atoms with Gasteiger partial charge in [-0.1, -0.05) is 13.8 Å². The SMILES string of the molecule is CCNC(=NCC1CN2CCCC2CO1)NCCCC(C)C.I. The van der Waals surface area contributed by atoms with Crippen molar-refractivity contribution in [3.05, 3.63) is 0 Å². The summed E-state index contributed by atoms with van der Waals surface area (Å²) in [5.74, 6) is 1.70. The summed E-state index contributed by atoms with van der Waals surface area (Å²) in [5, 5.41) is 6.76. The molecule has 0 aromatic rings. The van der Waals surface area contributed by atoms with E-state index in [9.17, 15) is 0 Å². The standard InChI is InChI=1S/C17H34N4O.HI/c1-4-18-17(19-9-5-7-14(2)3)20-11-16-12-21-10-6-8-15(21)13-22-16;/h14-16H,4-13H2,1-3H3,(H2,18,19,20);1H. The molecule has 2 aliphatic rings. The van der Waals surface area contributed by atoms with Crippen LogP contribution in [-0.4, -0.2) is 62.3 Å². The van der Waals surface area contributed by atoms with Crippen LogP contribution < -0.4 is 10.6 Å². The summed E-state index contributed by atoms with van der Waals surface area (Å²) in [6, 6.07) is 0.669. The number of fused-ring (bicyclic) bond motifs is 1. The van der Waals surface area contributed by atoms with Gasteiger partial charge in [0.15, 0.2) is 5.96 Å². The van der Waals surface area contributed by atoms with E-state index < -0.39 is 0 Å². The molecule has 2 unspecified atom stereocenters. The van der Waals surface area contributed by atoms with Crippen LogP contribution in [0, 0.1) is 5.92 Å². The summed E-state index contributed by atoms with van der Waals surface area (Å²) in [6.45, 7) is 12.5. The fourth-order valence-electron chi connectivity index (χ4n) is 3.25. The van der Waals surface area contributed by atoms with E-state index in [0.29, 0.717) is 6.04 Å². The Morgan fingerprint density at radius 3 is 2.91 bits per heavy atom. The van der Waals surface area contributed by atoms with Crippen LogP contribution in [0.2, 0.25) is 0 Å². The van der Waals surface area contributed by atoms with Gasteiger partial charge < -0.3 is 15.4 Å². The van der Waals surface area contributed by atoms with Gasteiger partial charge in [-0.25, -0.2) is 0 Å². The molecule has 2 N–H and O–H groups in total. The van der Waals surface area contributed by atoms with Crippen molar-refractivity contribution in [1.29, 1.82) is 0 Å². The highest BCUT2D eigenvalue weighted by atomic mass is 127. The van der Waals surface area contributed by atoms with Gasteiger partial charge in [0.05, 0.1) is 19.3 Å². The number of nitrogens with one attached hydrogen (secondary N) is 2. The highest BCUT2D eigenvalue weighted by molar-refractivity contribution is 14.0. The van der Waals surface area contributed by atoms with Crippen molar-refractivity contribution in [3.63, 3.8) is 0 Å². The molecule has 0 aromatic carbocycles. The second kappa shape index (κ2) is 11.5. The van der Waals surface area contributed by atoms with Gasteiger partial charge in [-0.3, -0.25) is 9.89 Å². The Morgan fingerprint density at radius 2 is 2.17 bits per heavy atom. The van der Waals surface area contributed by atoms with E-state index in [1.165, 1.54) is 32.2 Å². The third kappa shape index (κ3) is 7.56. The molecule has 2 atom stereocenters. The van der Waals surface area contributed by atoms with Gasteiger partial charge in [-0.05, 0) is 45.1 Å². The first kappa shape index (κ1) is 21.0. The number of hydrogen-bond donors (Lipinski definition) is 2. The van der Waals surface area contributed by atoms with Crippen molar-refractivity contribution >= 4 is 29.9 Å². The fourth-order valence-corrected chi connectivity index (χ4v) is 3.25. The maximum atomic E-state index is 5.97. The van der Waals surface area contributed by atoms with E-state index in [2.05, 4.69) is 36.3 Å². The average Bonchev–Trinajstić information content (AvgIpc) is 2.96. The number of morpholine rings is 1. The maximum absolute atomic E-state index is 5.97. The van der Waals surface area contributed by atoms with Crippen molar-refractivity contribution in [2.24, 2.45) is 10.9 Å². The number of aliphatic imine (C=N–C) groups is 1. The van der Waals surface area contributed by atoms with E-state index in [1.807, 2.05) is 0 Å². The average molecular weight is 438 g/mol. The Balaban J connectivity index is 0.00000264. The van der Waals surface area contributed by atoms with Crippen LogP contribution in [0.4, 0.5) is 0 Å². The third-order valence-corrected chi connectivity index (χ3v) is 4.51. The minimum absolute atomic E-state index is 0. The lowest BCUT2D eigenvalue weighted by molar-refractivity contribution is -0.0432. The number of ether oxygens (including phenoxy) is 1. The van der Waals surface area contributed by atoms with Gasteiger partial charge in [0, 0.05) is 25.7 Å². The molecule has 136 valence electrons. The Labute approximate surface area is 159 Å². The quantitative estimate of drug-likeness (QED) is 0.278. The second-order valence-corrected chi connectivity index (χ2v) is 6.93. The van der Waals surface area contributed by atoms with E-state index in [1.54, 1.807) is 0 Å². The van der Waals surface area contributed by atoms with Crippen molar-refractivity contribution in [3.8, 4) is 0 Å². The molecule has 2 rings (SSSR count). The van der Waals surface area contributed by atoms with E-state index in [0.717, 1.165) is 44.7 Å². The molecular formula is C17H35IN4O. The first-order chi connectivity index (χ1) is 10.7. The summed E-state index contributed by atoms with van der Waals surface area (Å²) >= 11 is 0. The minimum atomic E-state index is 0. The summed E-state index contributed by atoms with van der Waals surface area (Å²) in [6.07, 6.45) is 5.33. The molecule has 0 aliphatic carbocycles. The Morgan fingerprint density at radius 1 is 1.35 bits per heavy atom. The van der Waals surface area contributed by atoms with Gasteiger partial charge in [-0.15, -0.1) is 24.0 Å². The molecule has 0 saturated carbocycles. The lowest BCUT2D eigenvalue weighted by Crippen LogP contribution is -2.47. The van der Waals surface area contributed by atoms with Gasteiger partial charge in [0.1, 0.15) is 0 Å². The normalized spacial score (nSPS) is 25.1. The van der Waals surface area contributed by atoms with Crippen molar-refractivity contribution < 1.29 is 4.74 Å². The summed E-state index contributed by atoms with van der Waals surface area (Å²) in [4.78, 5) is 7.29. The first-order valence-electron chi connectivity index (χ1n) is 9.07. The van der Waals surface area contributed by atoms with E-state index in [4.69, 9.17) is 9.73 Å². The molecule has 0 bridgehead atoms. The molecule has 2 fully saturated rings. The predicted octanol–water partition coefficient (Wildman–Crippen LogP) is 2.46. The fraction of sp³-hybridized carbons (Fsp3) is 0.941. The van der Waals surface area contributed by atoms with Crippen LogP contribution in [0.15, 0.2) is 4.99 Å². The van der Waals surface area contributed by atoms with Gasteiger partial charge >= 0.3 is 0 Å². The van der Waals surface area contributed by atoms with E-state index >= 15 is 0 Å². The molecular weight excluding hydrogens is 403 g/mol. The Hall–Kier alpha value is -0.0800. The zero-order valence-electron chi connectivity index (χ0n) is 15.0. The van der Waals surface area contributed by atoms with Crippen LogP contribution in [-0.2, 0) is 4.74 Å². The van der Waals surface area contributed by atoms with E-state index in [-0.39, 0.29) is 30.1 Å². The molecule has 0 radical (unpaired) electrons. The number of hydrogen-bond acceptors (Lipinski definition) is 3. The van der Waals surface area contributed by atoms with Gasteiger partial charge in [0.25, 0.3) is 0 Å². The van der Waals surface area contributed by atoms with Crippen LogP contribution >= 0.6 is 24.0 Å². The maximum Gasteiger partial charge on any atom is 0.191 e. The summed E-state index contributed by atoms with van der Waals surface area (Å²) in [7, 11) is 0. The molecule has 2 heterocycles. The largest absolute Gasteiger partial charge is 0.373 e. The molecule has 23 heavy (non-hydrogen) atoms. The predicted molar refractivity (Wildman–Crippen MR) is 108 cm³/mol. The van der Waals surface area contributed by atoms with Gasteiger partial charge in [0.2, 0.25) is 0 Å². The topological polar surface area (TPSA) is 48.9 Å². The van der Waals surface area contributed by atoms with Crippen molar-refractivity contribution in [2.45, 2.75) is 58.6 Å². The minimum Gasteiger partial charge on any atom is -0.373 e. The lowest BCUT2D eigenvalue weighted by Gasteiger charge is -2.34. The van der Waals surface area contributed by atoms with Gasteiger partial charge in [-0.2, -0.15) is 0 Å². The molecule has 2 saturated heterocycles. The van der Waals surface area contributed by atoms with Crippen molar-refractivity contribution in [1.82, 2.24) is 15.5 Å². The molecule has 2 aliphatic heterocycles. The van der Waals surface area contributed by atoms with Crippen molar-refractivity contribution in [2.75, 3.05) is 39.3 Å². The second-order valence-electron chi connectivity index (χ2n) is 6.93. The molecule has 0 amide bonds. The van der Waals surface area contributed by atoms with Crippen LogP contribution in [0.1, 0.15) is 46.5 Å². The zero-order chi connectivity index (χ0) is 15.8. The molecule has 0 aromatic heterocycles. The number of nitrogens with zero attached hydrogens (tertiary/aromatic N) is 2. The molecule has 0 spiro atoms. The van der Waals surface area contributed by atoms with Crippen LogP contribution in [0.5, 0.6) is 0 Å². The highest BCUT2D eigenvalue weighted by Gasteiger charge is 2.31. The lowest BCUT2D eigenvalue weighted by atomic mass is 10.1. The van der Waals surface area contributed by atoms with Crippen LogP contribution in [0.3, 0.4) is 0 Å². The number of guanidine groups is 1. The highest BCUT2D eigenvalue weighted by Crippen LogP contribution is 2.22. The zero-order valence-corrected chi connectivity index (χ0v) is 17.3. The first-order valence-corrected chi connectivity index (χ1v) is 9.07.